The maximum atomic E-state index is 12.8. The van der Waals surface area contributed by atoms with E-state index in [-0.39, 0.29) is 12.1 Å². The van der Waals surface area contributed by atoms with E-state index < -0.39 is 12.0 Å². The molecule has 0 fully saturated rings. The van der Waals surface area contributed by atoms with Crippen molar-refractivity contribution in [3.05, 3.63) is 75.3 Å². The molecule has 4 aromatic rings. The molecular formula is C21H17ClN2O4S. The van der Waals surface area contributed by atoms with E-state index >= 15 is 0 Å². The van der Waals surface area contributed by atoms with Gasteiger partial charge in [-0.2, -0.15) is 11.3 Å². The number of hydrogen-bond donors (Lipinski definition) is 2. The summed E-state index contributed by atoms with van der Waals surface area (Å²) in [6.07, 6.45) is -0.990. The fraction of sp³-hybridized carbons (Fsp3) is 0.143. The number of nitrogens with zero attached hydrogens (tertiary/aromatic N) is 1. The lowest BCUT2D eigenvalue weighted by Gasteiger charge is -2.10. The van der Waals surface area contributed by atoms with E-state index in [1.54, 1.807) is 54.7 Å². The van der Waals surface area contributed by atoms with E-state index in [2.05, 4.69) is 10.5 Å². The maximum absolute atomic E-state index is 12.8. The summed E-state index contributed by atoms with van der Waals surface area (Å²) in [4.78, 5) is 12.8. The zero-order valence-corrected chi connectivity index (χ0v) is 17.0. The average Bonchev–Trinajstić information content (AvgIpc) is 3.46. The van der Waals surface area contributed by atoms with Gasteiger partial charge in [0.05, 0.1) is 11.6 Å². The fourth-order valence-corrected chi connectivity index (χ4v) is 3.82. The molecule has 3 heterocycles. The molecule has 148 valence electrons. The van der Waals surface area contributed by atoms with E-state index in [9.17, 15) is 9.90 Å². The minimum Gasteiger partial charge on any atom is -0.458 e. The third-order valence-corrected chi connectivity index (χ3v) is 5.45. The van der Waals surface area contributed by atoms with Gasteiger partial charge in [0.15, 0.2) is 0 Å². The summed E-state index contributed by atoms with van der Waals surface area (Å²) in [5.41, 5.74) is 2.19. The second-order valence-electron chi connectivity index (χ2n) is 6.38. The first-order chi connectivity index (χ1) is 14.0. The van der Waals surface area contributed by atoms with Crippen LogP contribution in [-0.2, 0) is 0 Å². The molecule has 0 aliphatic heterocycles. The highest BCUT2D eigenvalue weighted by atomic mass is 35.5. The molecule has 0 aliphatic rings. The summed E-state index contributed by atoms with van der Waals surface area (Å²) in [5, 5.41) is 21.5. The Bertz CT molecular complexity index is 1130. The standard InChI is InChI=1S/C21H17ClN2O4S/c1-12-19(20(24-28-12)14-4-2-3-5-15(14)22)21(26)23-10-16(25)18-7-6-17(27-18)13-8-9-29-11-13/h2-9,11,16,25H,10H2,1H3,(H,23,26)/t16-/m0/s1. The van der Waals surface area contributed by atoms with Crippen LogP contribution in [0, 0.1) is 6.92 Å². The molecule has 0 radical (unpaired) electrons. The number of aliphatic hydroxyl groups is 1. The third kappa shape index (κ3) is 3.98. The predicted octanol–water partition coefficient (Wildman–Crippen LogP) is 5.09. The van der Waals surface area contributed by atoms with Crippen LogP contribution in [0.25, 0.3) is 22.6 Å². The Labute approximate surface area is 175 Å². The van der Waals surface area contributed by atoms with E-state index in [0.717, 1.165) is 5.56 Å². The van der Waals surface area contributed by atoms with Crippen molar-refractivity contribution in [2.24, 2.45) is 0 Å². The molecule has 2 N–H and O–H groups in total. The van der Waals surface area contributed by atoms with Crippen LogP contribution in [0.15, 0.2) is 62.2 Å². The Balaban J connectivity index is 1.48. The van der Waals surface area contributed by atoms with Gasteiger partial charge in [-0.05, 0) is 36.6 Å². The summed E-state index contributed by atoms with van der Waals surface area (Å²) >= 11 is 7.79. The Morgan fingerprint density at radius 1 is 1.28 bits per heavy atom. The highest BCUT2D eigenvalue weighted by Gasteiger charge is 2.24. The number of rotatable bonds is 6. The number of amides is 1. The van der Waals surface area contributed by atoms with Gasteiger partial charge < -0.3 is 19.4 Å². The Hall–Kier alpha value is -2.87. The van der Waals surface area contributed by atoms with Crippen molar-refractivity contribution in [1.82, 2.24) is 10.5 Å². The van der Waals surface area contributed by atoms with Crippen LogP contribution in [0.1, 0.15) is 28.0 Å². The lowest BCUT2D eigenvalue weighted by molar-refractivity contribution is 0.0901. The van der Waals surface area contributed by atoms with Gasteiger partial charge in [0, 0.05) is 16.5 Å². The second-order valence-corrected chi connectivity index (χ2v) is 7.57. The fourth-order valence-electron chi connectivity index (χ4n) is 2.95. The zero-order valence-electron chi connectivity index (χ0n) is 15.4. The molecule has 0 aliphatic carbocycles. The maximum Gasteiger partial charge on any atom is 0.257 e. The third-order valence-electron chi connectivity index (χ3n) is 4.44. The molecule has 4 rings (SSSR count). The van der Waals surface area contributed by atoms with Gasteiger partial charge in [-0.1, -0.05) is 35.0 Å². The number of benzene rings is 1. The number of furan rings is 1. The Kier molecular flexibility index (Phi) is 5.53. The molecule has 8 heteroatoms. The van der Waals surface area contributed by atoms with Gasteiger partial charge in [-0.3, -0.25) is 4.79 Å². The highest BCUT2D eigenvalue weighted by molar-refractivity contribution is 7.08. The van der Waals surface area contributed by atoms with Crippen molar-refractivity contribution in [2.45, 2.75) is 13.0 Å². The van der Waals surface area contributed by atoms with Gasteiger partial charge in [-0.25, -0.2) is 0 Å². The molecule has 1 atom stereocenters. The predicted molar refractivity (Wildman–Crippen MR) is 111 cm³/mol. The van der Waals surface area contributed by atoms with Crippen molar-refractivity contribution in [2.75, 3.05) is 6.54 Å². The number of carbonyl (C=O) groups is 1. The Morgan fingerprint density at radius 3 is 2.86 bits per heavy atom. The van der Waals surface area contributed by atoms with Crippen molar-refractivity contribution in [1.29, 1.82) is 0 Å². The van der Waals surface area contributed by atoms with E-state index in [1.807, 2.05) is 16.8 Å². The number of aliphatic hydroxyl groups excluding tert-OH is 1. The monoisotopic (exact) mass is 428 g/mol. The van der Waals surface area contributed by atoms with Gasteiger partial charge in [-0.15, -0.1) is 0 Å². The Morgan fingerprint density at radius 2 is 2.10 bits per heavy atom. The van der Waals surface area contributed by atoms with E-state index in [0.29, 0.717) is 33.6 Å². The number of hydrogen-bond acceptors (Lipinski definition) is 6. The van der Waals surface area contributed by atoms with E-state index in [4.69, 9.17) is 20.5 Å². The first-order valence-electron chi connectivity index (χ1n) is 8.84. The molecule has 0 unspecified atom stereocenters. The van der Waals surface area contributed by atoms with Crippen molar-refractivity contribution < 1.29 is 18.8 Å². The summed E-state index contributed by atoms with van der Waals surface area (Å²) in [6.45, 7) is 1.63. The molecule has 6 nitrogen and oxygen atoms in total. The minimum absolute atomic E-state index is 0.0258. The van der Waals surface area contributed by atoms with Crippen LogP contribution < -0.4 is 5.32 Å². The van der Waals surface area contributed by atoms with Crippen molar-refractivity contribution >= 4 is 28.8 Å². The lowest BCUT2D eigenvalue weighted by Crippen LogP contribution is -2.28. The number of aryl methyl sites for hydroxylation is 1. The molecule has 1 amide bonds. The van der Waals surface area contributed by atoms with Crippen LogP contribution in [0.5, 0.6) is 0 Å². The molecule has 1 aromatic carbocycles. The van der Waals surface area contributed by atoms with Gasteiger partial charge in [0.25, 0.3) is 5.91 Å². The van der Waals surface area contributed by atoms with Crippen LogP contribution in [0.2, 0.25) is 5.02 Å². The van der Waals surface area contributed by atoms with E-state index in [1.165, 1.54) is 0 Å². The van der Waals surface area contributed by atoms with Crippen LogP contribution in [-0.4, -0.2) is 22.7 Å². The van der Waals surface area contributed by atoms with Crippen molar-refractivity contribution in [3.8, 4) is 22.6 Å². The summed E-state index contributed by atoms with van der Waals surface area (Å²) in [7, 11) is 0. The topological polar surface area (TPSA) is 88.5 Å². The molecule has 0 bridgehead atoms. The minimum atomic E-state index is -0.990. The number of nitrogens with one attached hydrogen (secondary N) is 1. The van der Waals surface area contributed by atoms with Crippen LogP contribution in [0.4, 0.5) is 0 Å². The largest absolute Gasteiger partial charge is 0.458 e. The smallest absolute Gasteiger partial charge is 0.257 e. The first kappa shape index (κ1) is 19.4. The average molecular weight is 429 g/mol. The quantitative estimate of drug-likeness (QED) is 0.446. The molecule has 0 saturated carbocycles. The van der Waals surface area contributed by atoms with Crippen LogP contribution in [0.3, 0.4) is 0 Å². The summed E-state index contributed by atoms with van der Waals surface area (Å²) in [6, 6.07) is 12.5. The zero-order chi connectivity index (χ0) is 20.4. The van der Waals surface area contributed by atoms with Crippen LogP contribution >= 0.6 is 22.9 Å². The molecule has 3 aromatic heterocycles. The molecule has 0 saturated heterocycles. The highest BCUT2D eigenvalue weighted by Crippen LogP contribution is 2.31. The number of carbonyl (C=O) groups excluding carboxylic acids is 1. The summed E-state index contributed by atoms with van der Waals surface area (Å²) in [5.74, 6) is 0.995. The summed E-state index contributed by atoms with van der Waals surface area (Å²) < 4.78 is 10.9. The van der Waals surface area contributed by atoms with Gasteiger partial charge in [0.2, 0.25) is 0 Å². The number of thiophene rings is 1. The lowest BCUT2D eigenvalue weighted by atomic mass is 10.1. The number of halogens is 1. The molecule has 29 heavy (non-hydrogen) atoms. The van der Waals surface area contributed by atoms with Gasteiger partial charge in [0.1, 0.15) is 34.6 Å². The second kappa shape index (κ2) is 8.24. The number of aromatic nitrogens is 1. The SMILES string of the molecule is Cc1onc(-c2ccccc2Cl)c1C(=O)NC[C@H](O)c1ccc(-c2ccsc2)o1. The molecule has 0 spiro atoms. The molecular weight excluding hydrogens is 412 g/mol. The van der Waals surface area contributed by atoms with Gasteiger partial charge >= 0.3 is 0 Å². The van der Waals surface area contributed by atoms with Crippen molar-refractivity contribution in [3.63, 3.8) is 0 Å². The normalized spacial score (nSPS) is 12.1. The first-order valence-corrected chi connectivity index (χ1v) is 10.2.